The van der Waals surface area contributed by atoms with Crippen LogP contribution in [0.5, 0.6) is 0 Å². The normalized spacial score (nSPS) is 23.6. The lowest BCUT2D eigenvalue weighted by atomic mass is 10.0. The van der Waals surface area contributed by atoms with Gasteiger partial charge >= 0.3 is 18.1 Å². The lowest BCUT2D eigenvalue weighted by Crippen LogP contribution is -2.59. The molecule has 10 heteroatoms. The topological polar surface area (TPSA) is 72.7 Å². The number of nitrogens with one attached hydrogen (secondary N) is 1. The summed E-state index contributed by atoms with van der Waals surface area (Å²) in [6, 6.07) is -1.14. The van der Waals surface area contributed by atoms with E-state index in [-0.39, 0.29) is 11.9 Å². The summed E-state index contributed by atoms with van der Waals surface area (Å²) in [5.41, 5.74) is 0. The standard InChI is InChI=1S/C15H21F3N4O3/c1-20-9-11(13(24)21(2)14(20)25)22-7-4-10(5-8-22)19-12(23)3-6-15(16,17)18/h9-11H,3-8H2,1-2H3/p+1. The average molecular weight is 363 g/mol. The number of carbonyl (C=O) groups excluding carboxylic acids is 3. The van der Waals surface area contributed by atoms with Crippen LogP contribution in [0.2, 0.25) is 0 Å². The van der Waals surface area contributed by atoms with E-state index in [1.807, 2.05) is 4.90 Å². The Balaban J connectivity index is 1.84. The minimum Gasteiger partial charge on any atom is -0.353 e. The molecule has 1 unspecified atom stereocenters. The largest absolute Gasteiger partial charge is 0.500 e. The molecule has 0 aliphatic carbocycles. The highest BCUT2D eigenvalue weighted by molar-refractivity contribution is 6.06. The van der Waals surface area contributed by atoms with E-state index in [0.29, 0.717) is 25.9 Å². The molecule has 0 saturated carbocycles. The molecule has 1 atom stereocenters. The van der Waals surface area contributed by atoms with E-state index in [0.717, 1.165) is 4.90 Å². The average Bonchev–Trinajstić information content (AvgIpc) is 2.55. The number of piperidine rings is 1. The van der Waals surface area contributed by atoms with Crippen molar-refractivity contribution in [3.05, 3.63) is 0 Å². The van der Waals surface area contributed by atoms with Gasteiger partial charge in [0.2, 0.25) is 5.91 Å². The first-order chi connectivity index (χ1) is 11.6. The molecular formula is C15H22F3N4O3+. The molecule has 0 radical (unpaired) electrons. The van der Waals surface area contributed by atoms with E-state index in [1.54, 1.807) is 13.3 Å². The number of hydrogen-bond acceptors (Lipinski definition) is 4. The molecule has 0 aromatic rings. The molecule has 4 amide bonds. The van der Waals surface area contributed by atoms with Crippen molar-refractivity contribution in [2.45, 2.75) is 43.9 Å². The molecule has 140 valence electrons. The van der Waals surface area contributed by atoms with Crippen LogP contribution in [0.4, 0.5) is 18.0 Å². The van der Waals surface area contributed by atoms with E-state index in [1.165, 1.54) is 11.6 Å². The van der Waals surface area contributed by atoms with Gasteiger partial charge < -0.3 is 5.32 Å². The molecule has 2 aliphatic heterocycles. The summed E-state index contributed by atoms with van der Waals surface area (Å²) >= 11 is 0. The van der Waals surface area contributed by atoms with Crippen molar-refractivity contribution in [3.63, 3.8) is 0 Å². The Morgan fingerprint density at radius 2 is 1.92 bits per heavy atom. The van der Waals surface area contributed by atoms with Crippen LogP contribution in [0.1, 0.15) is 25.7 Å². The van der Waals surface area contributed by atoms with E-state index in [2.05, 4.69) is 5.32 Å². The molecule has 0 aromatic heterocycles. The predicted molar refractivity (Wildman–Crippen MR) is 82.2 cm³/mol. The van der Waals surface area contributed by atoms with E-state index < -0.39 is 37.0 Å². The van der Waals surface area contributed by atoms with Gasteiger partial charge in [0, 0.05) is 25.6 Å². The van der Waals surface area contributed by atoms with Crippen LogP contribution in [-0.2, 0) is 9.59 Å². The van der Waals surface area contributed by atoms with Gasteiger partial charge in [-0.2, -0.15) is 22.9 Å². The molecule has 0 aromatic carbocycles. The maximum Gasteiger partial charge on any atom is 0.500 e. The van der Waals surface area contributed by atoms with Gasteiger partial charge in [-0.05, 0) is 12.8 Å². The summed E-state index contributed by atoms with van der Waals surface area (Å²) in [4.78, 5) is 38.5. The number of halogens is 3. The van der Waals surface area contributed by atoms with E-state index >= 15 is 0 Å². The molecule has 1 N–H and O–H groups in total. The molecular weight excluding hydrogens is 341 g/mol. The van der Waals surface area contributed by atoms with Crippen molar-refractivity contribution in [2.24, 2.45) is 0 Å². The van der Waals surface area contributed by atoms with Gasteiger partial charge in [0.15, 0.2) is 6.04 Å². The lowest BCUT2D eigenvalue weighted by molar-refractivity contribution is -0.401. The fraction of sp³-hybridized carbons (Fsp3) is 0.733. The number of carbonyl (C=O) groups is 3. The molecule has 25 heavy (non-hydrogen) atoms. The van der Waals surface area contributed by atoms with Crippen LogP contribution in [0.15, 0.2) is 0 Å². The fourth-order valence-electron chi connectivity index (χ4n) is 3.00. The third-order valence-corrected chi connectivity index (χ3v) is 4.46. The molecule has 2 aliphatic rings. The van der Waals surface area contributed by atoms with Crippen LogP contribution >= 0.6 is 0 Å². The van der Waals surface area contributed by atoms with Gasteiger partial charge in [0.1, 0.15) is 6.21 Å². The van der Waals surface area contributed by atoms with Gasteiger partial charge in [0.05, 0.1) is 20.5 Å². The highest BCUT2D eigenvalue weighted by Crippen LogP contribution is 2.21. The minimum atomic E-state index is -4.34. The summed E-state index contributed by atoms with van der Waals surface area (Å²) in [5, 5.41) is 2.62. The van der Waals surface area contributed by atoms with Gasteiger partial charge in [-0.15, -0.1) is 0 Å². The number of likely N-dealkylation sites (tertiary alicyclic amines) is 1. The number of hydrogen-bond donors (Lipinski definition) is 1. The van der Waals surface area contributed by atoms with Gasteiger partial charge in [-0.25, -0.2) is 9.37 Å². The molecule has 0 bridgehead atoms. The first kappa shape index (κ1) is 19.4. The van der Waals surface area contributed by atoms with E-state index in [9.17, 15) is 27.6 Å². The van der Waals surface area contributed by atoms with Crippen molar-refractivity contribution in [3.8, 4) is 0 Å². The summed E-state index contributed by atoms with van der Waals surface area (Å²) in [6.45, 7) is 1.01. The maximum atomic E-state index is 12.2. The monoisotopic (exact) mass is 363 g/mol. The summed E-state index contributed by atoms with van der Waals surface area (Å²) < 4.78 is 37.7. The highest BCUT2D eigenvalue weighted by Gasteiger charge is 2.42. The molecule has 2 rings (SSSR count). The number of nitrogens with zero attached hydrogens (tertiary/aromatic N) is 3. The van der Waals surface area contributed by atoms with Gasteiger partial charge in [-0.3, -0.25) is 9.69 Å². The van der Waals surface area contributed by atoms with Gasteiger partial charge in [-0.1, -0.05) is 0 Å². The Hall–Kier alpha value is -1.97. The van der Waals surface area contributed by atoms with Crippen LogP contribution in [0.3, 0.4) is 0 Å². The Morgan fingerprint density at radius 1 is 1.32 bits per heavy atom. The second kappa shape index (κ2) is 7.51. The number of imide groups is 1. The number of rotatable bonds is 4. The lowest BCUT2D eigenvalue weighted by Gasteiger charge is -2.36. The fourth-order valence-corrected chi connectivity index (χ4v) is 3.00. The van der Waals surface area contributed by atoms with Gasteiger partial charge in [0.25, 0.3) is 0 Å². The van der Waals surface area contributed by atoms with Crippen LogP contribution in [0, 0.1) is 0 Å². The zero-order chi connectivity index (χ0) is 18.8. The third-order valence-electron chi connectivity index (χ3n) is 4.46. The Morgan fingerprint density at radius 3 is 2.48 bits per heavy atom. The SMILES string of the molecule is CN1C(=O)C(N2CCC(NC(=O)CCC(F)(F)F)CC2)C=[N+](C)C1=O. The Bertz CT molecular complexity index is 583. The minimum absolute atomic E-state index is 0.201. The Kier molecular flexibility index (Phi) is 5.81. The van der Waals surface area contributed by atoms with Crippen molar-refractivity contribution >= 4 is 24.1 Å². The maximum absolute atomic E-state index is 12.2. The third kappa shape index (κ3) is 5.00. The molecule has 2 heterocycles. The smallest absolute Gasteiger partial charge is 0.353 e. The second-order valence-corrected chi connectivity index (χ2v) is 6.38. The Labute approximate surface area is 143 Å². The summed E-state index contributed by atoms with van der Waals surface area (Å²) in [7, 11) is 3.00. The first-order valence-electron chi connectivity index (χ1n) is 8.08. The first-order valence-corrected chi connectivity index (χ1v) is 8.08. The highest BCUT2D eigenvalue weighted by atomic mass is 19.4. The van der Waals surface area contributed by atoms with Crippen LogP contribution < -0.4 is 5.32 Å². The summed E-state index contributed by atoms with van der Waals surface area (Å²) in [5.74, 6) is -0.920. The number of likely N-dealkylation sites (N-methyl/N-ethyl adjacent to an activating group) is 1. The van der Waals surface area contributed by atoms with Crippen molar-refractivity contribution in [1.82, 2.24) is 15.1 Å². The van der Waals surface area contributed by atoms with Crippen LogP contribution in [0.25, 0.3) is 0 Å². The summed E-state index contributed by atoms with van der Waals surface area (Å²) in [6.07, 6.45) is -3.40. The van der Waals surface area contributed by atoms with Crippen molar-refractivity contribution in [1.29, 1.82) is 0 Å². The quantitative estimate of drug-likeness (QED) is 0.742. The number of alkyl halides is 3. The zero-order valence-corrected chi connectivity index (χ0v) is 14.2. The number of urea groups is 1. The number of amides is 4. The van der Waals surface area contributed by atoms with Crippen molar-refractivity contribution in [2.75, 3.05) is 27.2 Å². The molecule has 1 saturated heterocycles. The molecule has 7 nitrogen and oxygen atoms in total. The molecule has 0 spiro atoms. The second-order valence-electron chi connectivity index (χ2n) is 6.38. The van der Waals surface area contributed by atoms with Crippen molar-refractivity contribution < 1.29 is 32.1 Å². The zero-order valence-electron chi connectivity index (χ0n) is 14.2. The van der Waals surface area contributed by atoms with Crippen LogP contribution in [-0.4, -0.2) is 83.9 Å². The molecule has 1 fully saturated rings. The van der Waals surface area contributed by atoms with E-state index in [4.69, 9.17) is 0 Å². The predicted octanol–water partition coefficient (Wildman–Crippen LogP) is 0.583.